The summed E-state index contributed by atoms with van der Waals surface area (Å²) in [5.41, 5.74) is 0.181. The lowest BCUT2D eigenvalue weighted by Crippen LogP contribution is -2.39. The zero-order valence-corrected chi connectivity index (χ0v) is 9.86. The van der Waals surface area contributed by atoms with Crippen molar-refractivity contribution < 1.29 is 5.11 Å². The fourth-order valence-corrected chi connectivity index (χ4v) is 1.38. The molecule has 0 bridgehead atoms. The van der Waals surface area contributed by atoms with Gasteiger partial charge in [-0.1, -0.05) is 0 Å². The highest BCUT2D eigenvalue weighted by Gasteiger charge is 2.18. The van der Waals surface area contributed by atoms with Crippen LogP contribution in [0.1, 0.15) is 26.5 Å². The number of anilines is 1. The Morgan fingerprint density at radius 3 is 2.40 bits per heavy atom. The molecule has 1 aromatic heterocycles. The molecule has 0 aliphatic carbocycles. The van der Waals surface area contributed by atoms with Crippen LogP contribution in [-0.4, -0.2) is 34.0 Å². The fraction of sp³-hybridized carbons (Fsp3) is 0.636. The highest BCUT2D eigenvalue weighted by Crippen LogP contribution is 2.13. The van der Waals surface area contributed by atoms with E-state index in [-0.39, 0.29) is 0 Å². The molecular weight excluding hydrogens is 190 g/mol. The van der Waals surface area contributed by atoms with Gasteiger partial charge in [0, 0.05) is 13.1 Å². The van der Waals surface area contributed by atoms with Crippen molar-refractivity contribution in [2.75, 3.05) is 18.0 Å². The first-order valence-electron chi connectivity index (χ1n) is 5.20. The normalized spacial score (nSPS) is 11.5. The number of rotatable bonds is 4. The Labute approximate surface area is 90.9 Å². The third-order valence-corrected chi connectivity index (χ3v) is 2.07. The van der Waals surface area contributed by atoms with Crippen LogP contribution in [0.15, 0.2) is 12.1 Å². The van der Waals surface area contributed by atoms with E-state index in [0.29, 0.717) is 6.54 Å². The Bertz CT molecular complexity index is 303. The van der Waals surface area contributed by atoms with Crippen molar-refractivity contribution in [1.29, 1.82) is 0 Å². The summed E-state index contributed by atoms with van der Waals surface area (Å²) in [5, 5.41) is 17.8. The van der Waals surface area contributed by atoms with Crippen molar-refractivity contribution in [2.45, 2.75) is 33.3 Å². The predicted octanol–water partition coefficient (Wildman–Crippen LogP) is 1.38. The summed E-state index contributed by atoms with van der Waals surface area (Å²) in [5.74, 6) is 0.810. The van der Waals surface area contributed by atoms with Gasteiger partial charge in [-0.3, -0.25) is 0 Å². The van der Waals surface area contributed by atoms with Crippen LogP contribution in [0.2, 0.25) is 0 Å². The molecule has 84 valence electrons. The number of aryl methyl sites for hydroxylation is 1. The maximum atomic E-state index is 9.75. The molecule has 0 unspecified atom stereocenters. The molecule has 0 saturated carbocycles. The third-order valence-electron chi connectivity index (χ3n) is 2.07. The standard InChI is InChI=1S/C11H19N3O/c1-5-14(8-11(3,4)15)10-7-6-9(2)12-13-10/h6-7,15H,5,8H2,1-4H3. The van der Waals surface area contributed by atoms with Crippen LogP contribution in [0.5, 0.6) is 0 Å². The lowest BCUT2D eigenvalue weighted by Gasteiger charge is -2.28. The zero-order chi connectivity index (χ0) is 11.5. The Hall–Kier alpha value is -1.16. The van der Waals surface area contributed by atoms with Gasteiger partial charge in [-0.15, -0.1) is 5.10 Å². The van der Waals surface area contributed by atoms with E-state index in [1.165, 1.54) is 0 Å². The summed E-state index contributed by atoms with van der Waals surface area (Å²) >= 11 is 0. The van der Waals surface area contributed by atoms with Crippen LogP contribution in [-0.2, 0) is 0 Å². The second kappa shape index (κ2) is 4.57. The molecule has 0 aliphatic rings. The minimum atomic E-state index is -0.720. The third kappa shape index (κ3) is 3.83. The average molecular weight is 209 g/mol. The van der Waals surface area contributed by atoms with Gasteiger partial charge < -0.3 is 10.0 Å². The largest absolute Gasteiger partial charge is 0.389 e. The van der Waals surface area contributed by atoms with Crippen LogP contribution in [0.3, 0.4) is 0 Å². The maximum absolute atomic E-state index is 9.75. The molecule has 15 heavy (non-hydrogen) atoms. The molecule has 4 heteroatoms. The van der Waals surface area contributed by atoms with Crippen molar-refractivity contribution in [2.24, 2.45) is 0 Å². The Kier molecular flexibility index (Phi) is 3.63. The molecule has 1 rings (SSSR count). The first-order valence-corrected chi connectivity index (χ1v) is 5.20. The lowest BCUT2D eigenvalue weighted by molar-refractivity contribution is 0.0874. The van der Waals surface area contributed by atoms with E-state index in [0.717, 1.165) is 18.1 Å². The van der Waals surface area contributed by atoms with E-state index in [2.05, 4.69) is 10.2 Å². The van der Waals surface area contributed by atoms with Gasteiger partial charge in [0.15, 0.2) is 5.82 Å². The van der Waals surface area contributed by atoms with Crippen LogP contribution in [0, 0.1) is 6.92 Å². The van der Waals surface area contributed by atoms with Gasteiger partial charge in [-0.2, -0.15) is 5.10 Å². The highest BCUT2D eigenvalue weighted by molar-refractivity contribution is 5.37. The van der Waals surface area contributed by atoms with Crippen LogP contribution >= 0.6 is 0 Å². The molecule has 1 aromatic rings. The van der Waals surface area contributed by atoms with E-state index in [4.69, 9.17) is 0 Å². The van der Waals surface area contributed by atoms with Crippen molar-refractivity contribution in [3.05, 3.63) is 17.8 Å². The minimum absolute atomic E-state index is 0.557. The number of hydrogen-bond donors (Lipinski definition) is 1. The molecule has 4 nitrogen and oxygen atoms in total. The summed E-state index contributed by atoms with van der Waals surface area (Å²) < 4.78 is 0. The lowest BCUT2D eigenvalue weighted by atomic mass is 10.1. The van der Waals surface area contributed by atoms with Gasteiger partial charge in [0.05, 0.1) is 11.3 Å². The zero-order valence-electron chi connectivity index (χ0n) is 9.86. The monoisotopic (exact) mass is 209 g/mol. The summed E-state index contributed by atoms with van der Waals surface area (Å²) in [6.45, 7) is 8.88. The number of aliphatic hydroxyl groups is 1. The van der Waals surface area contributed by atoms with E-state index in [1.807, 2.05) is 30.9 Å². The van der Waals surface area contributed by atoms with Gasteiger partial charge in [-0.05, 0) is 39.8 Å². The molecule has 0 fully saturated rings. The van der Waals surface area contributed by atoms with Crippen LogP contribution < -0.4 is 4.90 Å². The summed E-state index contributed by atoms with van der Waals surface area (Å²) in [6.07, 6.45) is 0. The number of hydrogen-bond acceptors (Lipinski definition) is 4. The molecule has 1 heterocycles. The molecule has 0 spiro atoms. The van der Waals surface area contributed by atoms with Crippen molar-refractivity contribution >= 4 is 5.82 Å². The molecule has 0 amide bonds. The van der Waals surface area contributed by atoms with Crippen LogP contribution in [0.4, 0.5) is 5.82 Å². The van der Waals surface area contributed by atoms with Gasteiger partial charge in [0.1, 0.15) is 0 Å². The molecule has 0 atom stereocenters. The molecule has 1 N–H and O–H groups in total. The topological polar surface area (TPSA) is 49.2 Å². The first kappa shape index (κ1) is 11.9. The molecule has 0 aliphatic heterocycles. The number of likely N-dealkylation sites (N-methyl/N-ethyl adjacent to an activating group) is 1. The minimum Gasteiger partial charge on any atom is -0.389 e. The van der Waals surface area contributed by atoms with Crippen molar-refractivity contribution in [3.8, 4) is 0 Å². The first-order chi connectivity index (χ1) is 6.92. The Morgan fingerprint density at radius 2 is 2.00 bits per heavy atom. The van der Waals surface area contributed by atoms with Gasteiger partial charge in [0.2, 0.25) is 0 Å². The predicted molar refractivity (Wildman–Crippen MR) is 61.0 cm³/mol. The second-order valence-electron chi connectivity index (χ2n) is 4.36. The van der Waals surface area contributed by atoms with Gasteiger partial charge in [-0.25, -0.2) is 0 Å². The Morgan fingerprint density at radius 1 is 1.33 bits per heavy atom. The molecule has 0 aromatic carbocycles. The molecule has 0 radical (unpaired) electrons. The molecular formula is C11H19N3O. The summed E-state index contributed by atoms with van der Waals surface area (Å²) in [4.78, 5) is 2.01. The van der Waals surface area contributed by atoms with E-state index in [9.17, 15) is 5.11 Å². The van der Waals surface area contributed by atoms with Gasteiger partial charge in [0.25, 0.3) is 0 Å². The number of nitrogens with zero attached hydrogens (tertiary/aromatic N) is 3. The average Bonchev–Trinajstić information content (AvgIpc) is 2.14. The van der Waals surface area contributed by atoms with Crippen molar-refractivity contribution in [1.82, 2.24) is 10.2 Å². The summed E-state index contributed by atoms with van der Waals surface area (Å²) in [6, 6.07) is 3.85. The fourth-order valence-electron chi connectivity index (χ4n) is 1.38. The van der Waals surface area contributed by atoms with E-state index >= 15 is 0 Å². The smallest absolute Gasteiger partial charge is 0.151 e. The highest BCUT2D eigenvalue weighted by atomic mass is 16.3. The maximum Gasteiger partial charge on any atom is 0.151 e. The quantitative estimate of drug-likeness (QED) is 0.814. The van der Waals surface area contributed by atoms with Gasteiger partial charge >= 0.3 is 0 Å². The second-order valence-corrected chi connectivity index (χ2v) is 4.36. The Balaban J connectivity index is 2.79. The SMILES string of the molecule is CCN(CC(C)(C)O)c1ccc(C)nn1. The van der Waals surface area contributed by atoms with Crippen molar-refractivity contribution in [3.63, 3.8) is 0 Å². The van der Waals surface area contributed by atoms with E-state index < -0.39 is 5.60 Å². The summed E-state index contributed by atoms with van der Waals surface area (Å²) in [7, 11) is 0. The van der Waals surface area contributed by atoms with E-state index in [1.54, 1.807) is 13.8 Å². The van der Waals surface area contributed by atoms with Crippen LogP contribution in [0.25, 0.3) is 0 Å². The molecule has 0 saturated heterocycles. The number of aromatic nitrogens is 2.